The molecule has 0 atom stereocenters. The van der Waals surface area contributed by atoms with E-state index in [2.05, 4.69) is 61.2 Å². The summed E-state index contributed by atoms with van der Waals surface area (Å²) in [6, 6.07) is 14.7. The average Bonchev–Trinajstić information content (AvgIpc) is 3.00. The number of aromatic nitrogens is 2. The van der Waals surface area contributed by atoms with E-state index in [0.29, 0.717) is 4.77 Å². The highest BCUT2D eigenvalue weighted by molar-refractivity contribution is 9.10. The monoisotopic (exact) mass is 360 g/mol. The van der Waals surface area contributed by atoms with Gasteiger partial charge in [0.05, 0.1) is 11.0 Å². The van der Waals surface area contributed by atoms with Gasteiger partial charge in [0.25, 0.3) is 0 Å². The first kappa shape index (κ1) is 12.3. The molecule has 98 valence electrons. The fourth-order valence-electron chi connectivity index (χ4n) is 2.43. The van der Waals surface area contributed by atoms with E-state index < -0.39 is 0 Å². The normalized spacial score (nSPS) is 11.4. The molecule has 0 unspecified atom stereocenters. The van der Waals surface area contributed by atoms with Gasteiger partial charge in [-0.3, -0.25) is 4.57 Å². The average molecular weight is 361 g/mol. The number of halogens is 1. The van der Waals surface area contributed by atoms with E-state index in [1.54, 1.807) is 11.3 Å². The van der Waals surface area contributed by atoms with Crippen molar-refractivity contribution in [2.45, 2.75) is 0 Å². The molecule has 0 saturated carbocycles. The second-order valence-electron chi connectivity index (χ2n) is 4.57. The number of benzene rings is 2. The number of thiophene rings is 1. The van der Waals surface area contributed by atoms with E-state index in [9.17, 15) is 0 Å². The van der Waals surface area contributed by atoms with Crippen LogP contribution in [0.5, 0.6) is 0 Å². The van der Waals surface area contributed by atoms with Gasteiger partial charge in [-0.05, 0) is 65.4 Å². The maximum atomic E-state index is 5.48. The molecule has 0 fully saturated rings. The van der Waals surface area contributed by atoms with Crippen LogP contribution in [0.15, 0.2) is 52.3 Å². The number of hydrogen-bond donors (Lipinski definition) is 1. The maximum absolute atomic E-state index is 5.48. The van der Waals surface area contributed by atoms with Crippen molar-refractivity contribution in [3.63, 3.8) is 0 Å². The predicted octanol–water partition coefficient (Wildman–Crippen LogP) is 5.67. The van der Waals surface area contributed by atoms with E-state index in [1.807, 2.05) is 12.1 Å². The molecule has 0 saturated heterocycles. The van der Waals surface area contributed by atoms with Gasteiger partial charge in [0.15, 0.2) is 4.77 Å². The van der Waals surface area contributed by atoms with E-state index in [0.717, 1.165) is 21.2 Å². The molecular weight excluding hydrogens is 352 g/mol. The van der Waals surface area contributed by atoms with Crippen LogP contribution in [0.1, 0.15) is 0 Å². The van der Waals surface area contributed by atoms with Gasteiger partial charge >= 0.3 is 0 Å². The summed E-state index contributed by atoms with van der Waals surface area (Å²) < 4.78 is 5.13. The van der Waals surface area contributed by atoms with Gasteiger partial charge in [0.1, 0.15) is 0 Å². The molecule has 2 nitrogen and oxygen atoms in total. The minimum Gasteiger partial charge on any atom is -0.330 e. The first-order valence-corrected chi connectivity index (χ1v) is 8.18. The molecule has 20 heavy (non-hydrogen) atoms. The third-order valence-corrected chi connectivity index (χ3v) is 5.02. The van der Waals surface area contributed by atoms with Gasteiger partial charge in [0, 0.05) is 14.9 Å². The number of imidazole rings is 1. The van der Waals surface area contributed by atoms with Crippen LogP contribution >= 0.6 is 39.5 Å². The molecule has 2 aromatic heterocycles. The zero-order valence-corrected chi connectivity index (χ0v) is 13.5. The van der Waals surface area contributed by atoms with Crippen molar-refractivity contribution < 1.29 is 0 Å². The summed E-state index contributed by atoms with van der Waals surface area (Å²) >= 11 is 10.8. The minimum absolute atomic E-state index is 0.715. The molecule has 0 spiro atoms. The zero-order valence-electron chi connectivity index (χ0n) is 10.3. The summed E-state index contributed by atoms with van der Waals surface area (Å²) in [6.07, 6.45) is 0. The van der Waals surface area contributed by atoms with Gasteiger partial charge < -0.3 is 4.98 Å². The smallest absolute Gasteiger partial charge is 0.182 e. The summed E-state index contributed by atoms with van der Waals surface area (Å²) in [7, 11) is 0. The number of fused-ring (bicyclic) bond motifs is 2. The van der Waals surface area contributed by atoms with E-state index in [-0.39, 0.29) is 0 Å². The van der Waals surface area contributed by atoms with Crippen LogP contribution in [0.3, 0.4) is 0 Å². The lowest BCUT2D eigenvalue weighted by atomic mass is 10.2. The van der Waals surface area contributed by atoms with Crippen LogP contribution in [-0.2, 0) is 0 Å². The van der Waals surface area contributed by atoms with Crippen LogP contribution in [0, 0.1) is 4.77 Å². The molecule has 0 aliphatic heterocycles. The number of hydrogen-bond acceptors (Lipinski definition) is 2. The zero-order chi connectivity index (χ0) is 13.7. The van der Waals surface area contributed by atoms with Crippen molar-refractivity contribution in [3.05, 3.63) is 57.1 Å². The summed E-state index contributed by atoms with van der Waals surface area (Å²) in [4.78, 5) is 3.25. The van der Waals surface area contributed by atoms with Crippen molar-refractivity contribution in [2.24, 2.45) is 0 Å². The van der Waals surface area contributed by atoms with Crippen LogP contribution in [0.25, 0.3) is 26.8 Å². The Morgan fingerprint density at radius 2 is 2.00 bits per heavy atom. The first-order chi connectivity index (χ1) is 9.72. The fraction of sp³-hybridized carbons (Fsp3) is 0. The number of rotatable bonds is 1. The van der Waals surface area contributed by atoms with Gasteiger partial charge in [0.2, 0.25) is 0 Å². The van der Waals surface area contributed by atoms with E-state index in [1.165, 1.54) is 10.1 Å². The standard InChI is InChI=1S/C15H9BrN2S2/c16-10-1-3-12-13(8-10)18(15(19)17-12)11-2-4-14-9(7-11)5-6-20-14/h1-8H,(H,17,19). The molecule has 2 heterocycles. The molecule has 0 aliphatic rings. The molecule has 1 N–H and O–H groups in total. The largest absolute Gasteiger partial charge is 0.330 e. The molecule has 0 aliphatic carbocycles. The lowest BCUT2D eigenvalue weighted by Gasteiger charge is -2.05. The maximum Gasteiger partial charge on any atom is 0.182 e. The quantitative estimate of drug-likeness (QED) is 0.434. The highest BCUT2D eigenvalue weighted by atomic mass is 79.9. The van der Waals surface area contributed by atoms with Gasteiger partial charge in [-0.2, -0.15) is 0 Å². The Morgan fingerprint density at radius 3 is 2.90 bits per heavy atom. The SMILES string of the molecule is S=c1[nH]c2ccc(Br)cc2n1-c1ccc2sccc2c1. The molecule has 4 aromatic rings. The topological polar surface area (TPSA) is 20.7 Å². The molecule has 4 rings (SSSR count). The molecule has 0 bridgehead atoms. The summed E-state index contributed by atoms with van der Waals surface area (Å²) in [5, 5.41) is 3.36. The Labute approximate surface area is 132 Å². The Kier molecular flexibility index (Phi) is 2.80. The second kappa shape index (κ2) is 4.55. The number of aromatic amines is 1. The van der Waals surface area contributed by atoms with Gasteiger partial charge in [-0.1, -0.05) is 15.9 Å². The Morgan fingerprint density at radius 1 is 1.10 bits per heavy atom. The predicted molar refractivity (Wildman–Crippen MR) is 91.5 cm³/mol. The Balaban J connectivity index is 2.07. The Hall–Kier alpha value is -1.43. The molecule has 2 aromatic carbocycles. The van der Waals surface area contributed by atoms with Gasteiger partial charge in [-0.15, -0.1) is 11.3 Å². The number of nitrogens with zero attached hydrogens (tertiary/aromatic N) is 1. The lowest BCUT2D eigenvalue weighted by Crippen LogP contribution is -1.93. The molecule has 0 amide bonds. The van der Waals surface area contributed by atoms with E-state index >= 15 is 0 Å². The van der Waals surface area contributed by atoms with Crippen molar-refractivity contribution in [2.75, 3.05) is 0 Å². The minimum atomic E-state index is 0.715. The van der Waals surface area contributed by atoms with E-state index in [4.69, 9.17) is 12.2 Å². The summed E-state index contributed by atoms with van der Waals surface area (Å²) in [6.45, 7) is 0. The van der Waals surface area contributed by atoms with Crippen molar-refractivity contribution in [1.29, 1.82) is 0 Å². The highest BCUT2D eigenvalue weighted by Gasteiger charge is 2.08. The first-order valence-electron chi connectivity index (χ1n) is 6.10. The fourth-order valence-corrected chi connectivity index (χ4v) is 3.86. The molecule has 5 heteroatoms. The molecule has 0 radical (unpaired) electrons. The number of nitrogens with one attached hydrogen (secondary N) is 1. The second-order valence-corrected chi connectivity index (χ2v) is 6.82. The van der Waals surface area contributed by atoms with Crippen LogP contribution in [-0.4, -0.2) is 9.55 Å². The van der Waals surface area contributed by atoms with Gasteiger partial charge in [-0.25, -0.2) is 0 Å². The third-order valence-electron chi connectivity index (χ3n) is 3.34. The van der Waals surface area contributed by atoms with Crippen molar-refractivity contribution >= 4 is 60.6 Å². The van der Waals surface area contributed by atoms with Crippen molar-refractivity contribution in [1.82, 2.24) is 9.55 Å². The third kappa shape index (κ3) is 1.85. The molecular formula is C15H9BrN2S2. The Bertz CT molecular complexity index is 994. The van der Waals surface area contributed by atoms with Crippen molar-refractivity contribution in [3.8, 4) is 5.69 Å². The highest BCUT2D eigenvalue weighted by Crippen LogP contribution is 2.27. The summed E-state index contributed by atoms with van der Waals surface area (Å²) in [5.74, 6) is 0. The van der Waals surface area contributed by atoms with Crippen LogP contribution < -0.4 is 0 Å². The number of H-pyrrole nitrogens is 1. The van der Waals surface area contributed by atoms with Crippen LogP contribution in [0.4, 0.5) is 0 Å². The summed E-state index contributed by atoms with van der Waals surface area (Å²) in [5.41, 5.74) is 3.22. The van der Waals surface area contributed by atoms with Crippen LogP contribution in [0.2, 0.25) is 0 Å². The lowest BCUT2D eigenvalue weighted by molar-refractivity contribution is 1.07.